The lowest BCUT2D eigenvalue weighted by Crippen LogP contribution is -2.21. The smallest absolute Gasteiger partial charge is 0.306 e. The maximum atomic E-state index is 12.2. The first-order valence-electron chi connectivity index (χ1n) is 9.00. The third kappa shape index (κ3) is 6.05. The van der Waals surface area contributed by atoms with Crippen LogP contribution in [-0.2, 0) is 19.1 Å². The topological polar surface area (TPSA) is 84.5 Å². The molecule has 0 heterocycles. The van der Waals surface area contributed by atoms with Crippen LogP contribution in [0.25, 0.3) is 10.8 Å². The molecule has 29 heavy (non-hydrogen) atoms. The van der Waals surface area contributed by atoms with E-state index < -0.39 is 18.5 Å². The molecule has 3 aromatic carbocycles. The van der Waals surface area contributed by atoms with Gasteiger partial charge < -0.3 is 15.4 Å². The molecule has 0 saturated heterocycles. The van der Waals surface area contributed by atoms with Crippen LogP contribution < -0.4 is 10.6 Å². The quantitative estimate of drug-likeness (QED) is 0.565. The van der Waals surface area contributed by atoms with E-state index in [1.54, 1.807) is 30.3 Å². The molecule has 7 heteroatoms. The monoisotopic (exact) mass is 410 g/mol. The fourth-order valence-electron chi connectivity index (χ4n) is 2.71. The second-order valence-corrected chi connectivity index (χ2v) is 6.73. The lowest BCUT2D eigenvalue weighted by molar-refractivity contribution is -0.147. The molecule has 0 unspecified atom stereocenters. The normalized spacial score (nSPS) is 10.4. The number of hydrogen-bond acceptors (Lipinski definition) is 4. The van der Waals surface area contributed by atoms with Crippen molar-refractivity contribution in [1.29, 1.82) is 0 Å². The van der Waals surface area contributed by atoms with Crippen LogP contribution in [0, 0.1) is 0 Å². The van der Waals surface area contributed by atoms with Gasteiger partial charge >= 0.3 is 5.97 Å². The van der Waals surface area contributed by atoms with Gasteiger partial charge in [-0.25, -0.2) is 0 Å². The van der Waals surface area contributed by atoms with E-state index in [0.717, 1.165) is 10.8 Å². The summed E-state index contributed by atoms with van der Waals surface area (Å²) < 4.78 is 4.91. The molecule has 2 N–H and O–H groups in total. The highest BCUT2D eigenvalue weighted by Gasteiger charge is 2.12. The number of anilines is 2. The number of carbonyl (C=O) groups is 3. The second-order valence-electron chi connectivity index (χ2n) is 6.29. The van der Waals surface area contributed by atoms with E-state index in [4.69, 9.17) is 16.3 Å². The Labute approximate surface area is 172 Å². The zero-order valence-corrected chi connectivity index (χ0v) is 16.2. The molecule has 0 aliphatic rings. The average molecular weight is 411 g/mol. The van der Waals surface area contributed by atoms with E-state index in [2.05, 4.69) is 10.6 Å². The first-order valence-corrected chi connectivity index (χ1v) is 9.38. The van der Waals surface area contributed by atoms with Crippen LogP contribution >= 0.6 is 11.6 Å². The lowest BCUT2D eigenvalue weighted by Gasteiger charge is -2.09. The van der Waals surface area contributed by atoms with Gasteiger partial charge in [0.25, 0.3) is 5.91 Å². The van der Waals surface area contributed by atoms with E-state index in [1.165, 1.54) is 0 Å². The van der Waals surface area contributed by atoms with Crippen molar-refractivity contribution >= 4 is 51.5 Å². The summed E-state index contributed by atoms with van der Waals surface area (Å²) in [5.74, 6) is -1.39. The standard InChI is InChI=1S/C22H19ClN2O4/c23-16-8-10-17(11-9-16)24-21(27)14-29-22(28)13-12-20(26)25-19-7-3-5-15-4-1-2-6-18(15)19/h1-11H,12-14H2,(H,24,27)(H,25,26). The number of hydrogen-bond donors (Lipinski definition) is 2. The van der Waals surface area contributed by atoms with Gasteiger partial charge in [0.1, 0.15) is 0 Å². The van der Waals surface area contributed by atoms with Crippen LogP contribution in [0.1, 0.15) is 12.8 Å². The Balaban J connectivity index is 1.42. The molecular weight excluding hydrogens is 392 g/mol. The molecule has 0 atom stereocenters. The Bertz CT molecular complexity index is 1030. The summed E-state index contributed by atoms with van der Waals surface area (Å²) in [5, 5.41) is 7.87. The van der Waals surface area contributed by atoms with E-state index in [1.807, 2.05) is 36.4 Å². The summed E-state index contributed by atoms with van der Waals surface area (Å²) in [6.07, 6.45) is -0.161. The first-order chi connectivity index (χ1) is 14.0. The second kappa shape index (κ2) is 9.71. The van der Waals surface area contributed by atoms with Gasteiger partial charge in [-0.1, -0.05) is 48.0 Å². The average Bonchev–Trinajstić information content (AvgIpc) is 2.73. The summed E-state index contributed by atoms with van der Waals surface area (Å²) in [4.78, 5) is 35.8. The molecule has 0 saturated carbocycles. The number of rotatable bonds is 7. The van der Waals surface area contributed by atoms with Crippen LogP contribution in [0.5, 0.6) is 0 Å². The third-order valence-corrected chi connectivity index (χ3v) is 4.36. The van der Waals surface area contributed by atoms with Crippen LogP contribution in [0.4, 0.5) is 11.4 Å². The zero-order chi connectivity index (χ0) is 20.6. The number of esters is 1. The highest BCUT2D eigenvalue weighted by Crippen LogP contribution is 2.23. The molecule has 0 aliphatic heterocycles. The van der Waals surface area contributed by atoms with Crippen molar-refractivity contribution in [3.63, 3.8) is 0 Å². The van der Waals surface area contributed by atoms with Gasteiger partial charge in [0.15, 0.2) is 6.61 Å². The van der Waals surface area contributed by atoms with E-state index in [9.17, 15) is 14.4 Å². The van der Waals surface area contributed by atoms with Crippen molar-refractivity contribution in [3.05, 3.63) is 71.8 Å². The highest BCUT2D eigenvalue weighted by molar-refractivity contribution is 6.30. The number of nitrogens with one attached hydrogen (secondary N) is 2. The fraction of sp³-hybridized carbons (Fsp3) is 0.136. The maximum Gasteiger partial charge on any atom is 0.306 e. The van der Waals surface area contributed by atoms with Crippen molar-refractivity contribution in [2.24, 2.45) is 0 Å². The molecule has 2 amide bonds. The molecule has 0 spiro atoms. The Morgan fingerprint density at radius 2 is 1.52 bits per heavy atom. The van der Waals surface area contributed by atoms with E-state index in [0.29, 0.717) is 16.4 Å². The number of carbonyl (C=O) groups excluding carboxylic acids is 3. The SMILES string of the molecule is O=C(COC(=O)CCC(=O)Nc1cccc2ccccc12)Nc1ccc(Cl)cc1. The Kier molecular flexibility index (Phi) is 6.81. The molecule has 3 rings (SSSR count). The lowest BCUT2D eigenvalue weighted by atomic mass is 10.1. The maximum absolute atomic E-state index is 12.2. The van der Waals surface area contributed by atoms with Gasteiger partial charge in [0.2, 0.25) is 5.91 Å². The molecule has 0 fully saturated rings. The van der Waals surface area contributed by atoms with Crippen LogP contribution in [0.2, 0.25) is 5.02 Å². The van der Waals surface area contributed by atoms with Gasteiger partial charge in [-0.3, -0.25) is 14.4 Å². The van der Waals surface area contributed by atoms with Crippen LogP contribution in [0.3, 0.4) is 0 Å². The predicted octanol–water partition coefficient (Wildman–Crippen LogP) is 4.39. The molecule has 6 nitrogen and oxygen atoms in total. The van der Waals surface area contributed by atoms with Gasteiger partial charge in [0, 0.05) is 28.2 Å². The highest BCUT2D eigenvalue weighted by atomic mass is 35.5. The van der Waals surface area contributed by atoms with Crippen molar-refractivity contribution in [3.8, 4) is 0 Å². The minimum Gasteiger partial charge on any atom is -0.456 e. The molecular formula is C22H19ClN2O4. The molecule has 0 bridgehead atoms. The van der Waals surface area contributed by atoms with E-state index >= 15 is 0 Å². The molecule has 0 radical (unpaired) electrons. The Hall–Kier alpha value is -3.38. The number of halogens is 1. The first kappa shape index (κ1) is 20.4. The molecule has 0 aliphatic carbocycles. The van der Waals surface area contributed by atoms with Gasteiger partial charge in [-0.15, -0.1) is 0 Å². The third-order valence-electron chi connectivity index (χ3n) is 4.11. The number of amides is 2. The van der Waals surface area contributed by atoms with Gasteiger partial charge in [0.05, 0.1) is 6.42 Å². The summed E-state index contributed by atoms with van der Waals surface area (Å²) in [7, 11) is 0. The molecule has 3 aromatic rings. The van der Waals surface area contributed by atoms with Crippen molar-refractivity contribution < 1.29 is 19.1 Å². The summed E-state index contributed by atoms with van der Waals surface area (Å²) in [5.41, 5.74) is 1.23. The Morgan fingerprint density at radius 3 is 2.31 bits per heavy atom. The van der Waals surface area contributed by atoms with Gasteiger partial charge in [-0.2, -0.15) is 0 Å². The molecule has 148 valence electrons. The van der Waals surface area contributed by atoms with E-state index in [-0.39, 0.29) is 18.7 Å². The van der Waals surface area contributed by atoms with Crippen molar-refractivity contribution in [2.75, 3.05) is 17.2 Å². The number of fused-ring (bicyclic) bond motifs is 1. The van der Waals surface area contributed by atoms with Crippen molar-refractivity contribution in [2.45, 2.75) is 12.8 Å². The van der Waals surface area contributed by atoms with Crippen molar-refractivity contribution in [1.82, 2.24) is 0 Å². The summed E-state index contributed by atoms with van der Waals surface area (Å²) >= 11 is 5.78. The minimum atomic E-state index is -0.621. The minimum absolute atomic E-state index is 0.0408. The van der Waals surface area contributed by atoms with Crippen LogP contribution in [0.15, 0.2) is 66.7 Å². The zero-order valence-electron chi connectivity index (χ0n) is 15.5. The predicted molar refractivity (Wildman–Crippen MR) is 113 cm³/mol. The summed E-state index contributed by atoms with van der Waals surface area (Å²) in [6, 6.07) is 19.9. The fourth-order valence-corrected chi connectivity index (χ4v) is 2.84. The summed E-state index contributed by atoms with van der Waals surface area (Å²) in [6.45, 7) is -0.424. The molecule has 0 aromatic heterocycles. The Morgan fingerprint density at radius 1 is 0.793 bits per heavy atom. The number of benzene rings is 3. The number of ether oxygens (including phenoxy) is 1. The van der Waals surface area contributed by atoms with Crippen LogP contribution in [-0.4, -0.2) is 24.4 Å². The largest absolute Gasteiger partial charge is 0.456 e. The van der Waals surface area contributed by atoms with Gasteiger partial charge in [-0.05, 0) is 35.7 Å².